The fourth-order valence-electron chi connectivity index (χ4n) is 4.69. The summed E-state index contributed by atoms with van der Waals surface area (Å²) in [5.41, 5.74) is 0.847. The zero-order chi connectivity index (χ0) is 21.8. The third-order valence-electron chi connectivity index (χ3n) is 6.15. The van der Waals surface area contributed by atoms with Crippen LogP contribution in [0.3, 0.4) is 0 Å². The largest absolute Gasteiger partial charge is 0.324 e. The molecule has 1 amide bonds. The smallest absolute Gasteiger partial charge is 0.254 e. The fraction of sp³-hybridized carbons (Fsp3) is 0.350. The SMILES string of the molecule is NS(=O)(=O)c1ccc(Nc2ncc3cc4n(c3n2)C2(CCCCC2)CC(=O)N4O)cc1. The van der Waals surface area contributed by atoms with Crippen LogP contribution >= 0.6 is 0 Å². The number of amides is 1. The van der Waals surface area contributed by atoms with E-state index < -0.39 is 15.6 Å². The molecule has 5 rings (SSSR count). The lowest BCUT2D eigenvalue weighted by atomic mass is 9.78. The maximum absolute atomic E-state index is 12.5. The summed E-state index contributed by atoms with van der Waals surface area (Å²) in [4.78, 5) is 21.5. The Hall–Kier alpha value is -3.02. The minimum absolute atomic E-state index is 0.0158. The van der Waals surface area contributed by atoms with Crippen LogP contribution in [0.4, 0.5) is 17.5 Å². The minimum atomic E-state index is -3.77. The van der Waals surface area contributed by atoms with Crippen molar-refractivity contribution in [1.82, 2.24) is 14.5 Å². The van der Waals surface area contributed by atoms with Crippen LogP contribution < -0.4 is 15.5 Å². The Bertz CT molecular complexity index is 1280. The van der Waals surface area contributed by atoms with Gasteiger partial charge in [0.15, 0.2) is 0 Å². The van der Waals surface area contributed by atoms with Gasteiger partial charge in [-0.25, -0.2) is 18.5 Å². The molecule has 162 valence electrons. The van der Waals surface area contributed by atoms with Crippen LogP contribution in [-0.4, -0.2) is 34.1 Å². The number of rotatable bonds is 3. The van der Waals surface area contributed by atoms with Crippen molar-refractivity contribution in [3.05, 3.63) is 36.5 Å². The van der Waals surface area contributed by atoms with Gasteiger partial charge in [0, 0.05) is 17.3 Å². The second kappa shape index (κ2) is 7.01. The Morgan fingerprint density at radius 1 is 1.13 bits per heavy atom. The molecule has 1 aromatic carbocycles. The highest BCUT2D eigenvalue weighted by molar-refractivity contribution is 7.89. The van der Waals surface area contributed by atoms with Gasteiger partial charge in [-0.1, -0.05) is 19.3 Å². The van der Waals surface area contributed by atoms with Crippen molar-refractivity contribution in [3.63, 3.8) is 0 Å². The van der Waals surface area contributed by atoms with E-state index in [2.05, 4.69) is 15.3 Å². The molecule has 2 aliphatic rings. The van der Waals surface area contributed by atoms with Crippen LogP contribution in [0.25, 0.3) is 11.0 Å². The van der Waals surface area contributed by atoms with Gasteiger partial charge in [-0.2, -0.15) is 10.0 Å². The molecule has 0 radical (unpaired) electrons. The third kappa shape index (κ3) is 3.34. The molecule has 0 unspecified atom stereocenters. The average Bonchev–Trinajstić information content (AvgIpc) is 3.13. The molecule has 1 spiro atoms. The van der Waals surface area contributed by atoms with Gasteiger partial charge in [0.2, 0.25) is 16.0 Å². The first-order chi connectivity index (χ1) is 14.8. The number of nitrogens with one attached hydrogen (secondary N) is 1. The molecular formula is C20H22N6O4S. The molecule has 0 atom stereocenters. The summed E-state index contributed by atoms with van der Waals surface area (Å²) in [6.45, 7) is 0. The maximum atomic E-state index is 12.5. The van der Waals surface area contributed by atoms with E-state index in [9.17, 15) is 18.4 Å². The molecule has 1 aliphatic carbocycles. The van der Waals surface area contributed by atoms with Crippen molar-refractivity contribution >= 4 is 44.4 Å². The lowest BCUT2D eigenvalue weighted by molar-refractivity contribution is -0.128. The molecule has 2 aromatic heterocycles. The number of carbonyl (C=O) groups excluding carboxylic acids is 1. The summed E-state index contributed by atoms with van der Waals surface area (Å²) in [6.07, 6.45) is 6.75. The number of hydrogen-bond acceptors (Lipinski definition) is 7. The molecule has 3 heterocycles. The van der Waals surface area contributed by atoms with E-state index in [4.69, 9.17) is 5.14 Å². The number of fused-ring (bicyclic) bond motifs is 4. The molecule has 1 aliphatic heterocycles. The van der Waals surface area contributed by atoms with Crippen molar-refractivity contribution in [2.45, 2.75) is 49.0 Å². The second-order valence-corrected chi connectivity index (χ2v) is 9.73. The van der Waals surface area contributed by atoms with Crippen LogP contribution in [-0.2, 0) is 20.4 Å². The highest BCUT2D eigenvalue weighted by atomic mass is 32.2. The van der Waals surface area contributed by atoms with Crippen LogP contribution in [0.1, 0.15) is 38.5 Å². The Morgan fingerprint density at radius 2 is 1.84 bits per heavy atom. The number of benzene rings is 1. The van der Waals surface area contributed by atoms with E-state index in [1.165, 1.54) is 12.1 Å². The Labute approximate surface area is 178 Å². The standard InChI is InChI=1S/C20H22N6O4S/c21-31(29,30)15-6-4-14(5-7-15)23-19-22-12-13-10-16-25(18(13)24-19)20(8-2-1-3-9-20)11-17(27)26(16)28/h4-7,10,12,28H,1-3,8-9,11H2,(H2,21,29,30)(H,22,23,24). The Kier molecular flexibility index (Phi) is 4.50. The lowest BCUT2D eigenvalue weighted by Crippen LogP contribution is -2.48. The number of sulfonamides is 1. The van der Waals surface area contributed by atoms with E-state index in [0.717, 1.165) is 37.5 Å². The van der Waals surface area contributed by atoms with Crippen molar-refractivity contribution in [1.29, 1.82) is 0 Å². The lowest BCUT2D eigenvalue weighted by Gasteiger charge is -2.44. The van der Waals surface area contributed by atoms with Crippen LogP contribution in [0, 0.1) is 0 Å². The number of carbonyl (C=O) groups is 1. The summed E-state index contributed by atoms with van der Waals surface area (Å²) in [7, 11) is -3.77. The van der Waals surface area contributed by atoms with Crippen LogP contribution in [0.15, 0.2) is 41.4 Å². The molecule has 10 nitrogen and oxygen atoms in total. The summed E-state index contributed by atoms with van der Waals surface area (Å²) in [6, 6.07) is 7.70. The van der Waals surface area contributed by atoms with E-state index in [1.807, 2.05) is 4.57 Å². The highest BCUT2D eigenvalue weighted by Crippen LogP contribution is 2.46. The monoisotopic (exact) mass is 442 g/mol. The fourth-order valence-corrected chi connectivity index (χ4v) is 5.20. The Morgan fingerprint density at radius 3 is 2.52 bits per heavy atom. The van der Waals surface area contributed by atoms with Crippen LogP contribution in [0.5, 0.6) is 0 Å². The van der Waals surface area contributed by atoms with Gasteiger partial charge in [-0.3, -0.25) is 10.0 Å². The van der Waals surface area contributed by atoms with Gasteiger partial charge in [0.1, 0.15) is 11.5 Å². The van der Waals surface area contributed by atoms with E-state index in [0.29, 0.717) is 28.2 Å². The molecule has 1 fully saturated rings. The van der Waals surface area contributed by atoms with Gasteiger partial charge in [-0.05, 0) is 43.2 Å². The second-order valence-electron chi connectivity index (χ2n) is 8.17. The maximum Gasteiger partial charge on any atom is 0.254 e. The highest BCUT2D eigenvalue weighted by Gasteiger charge is 2.45. The number of anilines is 3. The van der Waals surface area contributed by atoms with Gasteiger partial charge in [0.05, 0.1) is 16.9 Å². The first kappa shape index (κ1) is 19.9. The van der Waals surface area contributed by atoms with E-state index >= 15 is 0 Å². The minimum Gasteiger partial charge on any atom is -0.324 e. The topological polar surface area (TPSA) is 143 Å². The molecule has 11 heteroatoms. The first-order valence-corrected chi connectivity index (χ1v) is 11.6. The van der Waals surface area contributed by atoms with E-state index in [-0.39, 0.29) is 17.2 Å². The first-order valence-electron chi connectivity index (χ1n) is 10.1. The third-order valence-corrected chi connectivity index (χ3v) is 7.08. The summed E-state index contributed by atoms with van der Waals surface area (Å²) in [5, 5.41) is 20.0. The van der Waals surface area contributed by atoms with Gasteiger partial charge in [-0.15, -0.1) is 0 Å². The zero-order valence-corrected chi connectivity index (χ0v) is 17.5. The van der Waals surface area contributed by atoms with Gasteiger partial charge < -0.3 is 9.88 Å². The molecule has 3 aromatic rings. The number of aromatic nitrogens is 3. The molecule has 31 heavy (non-hydrogen) atoms. The Balaban J connectivity index is 1.56. The summed E-state index contributed by atoms with van der Waals surface area (Å²) in [5.74, 6) is 0.430. The van der Waals surface area contributed by atoms with Gasteiger partial charge in [0.25, 0.3) is 5.91 Å². The summed E-state index contributed by atoms with van der Waals surface area (Å²) >= 11 is 0. The average molecular weight is 443 g/mol. The molecule has 1 saturated carbocycles. The number of nitrogens with two attached hydrogens (primary N) is 1. The number of hydroxylamine groups is 1. The zero-order valence-electron chi connectivity index (χ0n) is 16.7. The summed E-state index contributed by atoms with van der Waals surface area (Å²) < 4.78 is 24.9. The normalized spacial score (nSPS) is 18.4. The number of hydrogen-bond donors (Lipinski definition) is 3. The quantitative estimate of drug-likeness (QED) is 0.529. The van der Waals surface area contributed by atoms with Crippen molar-refractivity contribution in [2.24, 2.45) is 5.14 Å². The molecule has 0 bridgehead atoms. The van der Waals surface area contributed by atoms with Crippen LogP contribution in [0.2, 0.25) is 0 Å². The predicted octanol–water partition coefficient (Wildman–Crippen LogP) is 2.61. The van der Waals surface area contributed by atoms with Crippen molar-refractivity contribution in [2.75, 3.05) is 10.4 Å². The number of primary sulfonamides is 1. The predicted molar refractivity (Wildman–Crippen MR) is 114 cm³/mol. The molecule has 0 saturated heterocycles. The molecular weight excluding hydrogens is 420 g/mol. The number of nitrogens with zero attached hydrogens (tertiary/aromatic N) is 4. The van der Waals surface area contributed by atoms with Crippen molar-refractivity contribution < 1.29 is 18.4 Å². The molecule has 4 N–H and O–H groups in total. The van der Waals surface area contributed by atoms with Crippen molar-refractivity contribution in [3.8, 4) is 0 Å². The van der Waals surface area contributed by atoms with Gasteiger partial charge >= 0.3 is 0 Å². The van der Waals surface area contributed by atoms with E-state index in [1.54, 1.807) is 24.4 Å².